The van der Waals surface area contributed by atoms with Gasteiger partial charge in [-0.05, 0) is 19.4 Å². The zero-order chi connectivity index (χ0) is 14.9. The van der Waals surface area contributed by atoms with E-state index in [1.54, 1.807) is 6.92 Å². The number of hydrogen-bond acceptors (Lipinski definition) is 3. The Morgan fingerprint density at radius 3 is 2.35 bits per heavy atom. The second-order valence-corrected chi connectivity index (χ2v) is 4.49. The zero-order valence-corrected chi connectivity index (χ0v) is 11.2. The van der Waals surface area contributed by atoms with Gasteiger partial charge in [0.25, 0.3) is 0 Å². The molecular weight excluding hydrogens is 267 g/mol. The van der Waals surface area contributed by atoms with Crippen molar-refractivity contribution in [2.75, 3.05) is 5.73 Å². The molecule has 1 aromatic heterocycles. The van der Waals surface area contributed by atoms with Gasteiger partial charge in [-0.1, -0.05) is 6.92 Å². The van der Waals surface area contributed by atoms with E-state index in [-0.39, 0.29) is 17.1 Å². The molecule has 1 aromatic carbocycles. The fourth-order valence-corrected chi connectivity index (χ4v) is 1.88. The summed E-state index contributed by atoms with van der Waals surface area (Å²) < 4.78 is 40.1. The normalized spacial score (nSPS) is 10.8. The van der Waals surface area contributed by atoms with E-state index in [1.165, 1.54) is 0 Å². The van der Waals surface area contributed by atoms with Gasteiger partial charge in [0.05, 0.1) is 5.69 Å². The highest BCUT2D eigenvalue weighted by atomic mass is 19.2. The summed E-state index contributed by atoms with van der Waals surface area (Å²) in [4.78, 5) is 8.30. The van der Waals surface area contributed by atoms with Crippen molar-refractivity contribution < 1.29 is 13.2 Å². The van der Waals surface area contributed by atoms with Crippen molar-refractivity contribution in [3.05, 3.63) is 41.0 Å². The number of aromatic nitrogens is 2. The lowest BCUT2D eigenvalue weighted by Crippen LogP contribution is -2.06. The third-order valence-electron chi connectivity index (χ3n) is 2.97. The highest BCUT2D eigenvalue weighted by molar-refractivity contribution is 5.67. The molecule has 0 saturated carbocycles. The van der Waals surface area contributed by atoms with Crippen LogP contribution in [0.15, 0.2) is 12.1 Å². The Balaban J connectivity index is 2.65. The molecule has 0 saturated heterocycles. The minimum absolute atomic E-state index is 0.118. The number of rotatable bonds is 3. The molecule has 3 nitrogen and oxygen atoms in total. The molecule has 0 amide bonds. The molecule has 0 atom stereocenters. The Morgan fingerprint density at radius 2 is 1.70 bits per heavy atom. The molecule has 2 rings (SSSR count). The lowest BCUT2D eigenvalue weighted by atomic mass is 10.1. The summed E-state index contributed by atoms with van der Waals surface area (Å²) in [7, 11) is 0. The molecule has 106 valence electrons. The second-order valence-electron chi connectivity index (χ2n) is 4.49. The molecule has 2 N–H and O–H groups in total. The Labute approximate surface area is 114 Å². The van der Waals surface area contributed by atoms with Crippen LogP contribution < -0.4 is 5.73 Å². The first kappa shape index (κ1) is 14.3. The van der Waals surface area contributed by atoms with E-state index in [0.29, 0.717) is 23.9 Å². The van der Waals surface area contributed by atoms with E-state index in [9.17, 15) is 13.2 Å². The fraction of sp³-hybridized carbons (Fsp3) is 0.286. The van der Waals surface area contributed by atoms with Crippen LogP contribution in [0.4, 0.5) is 19.0 Å². The molecule has 0 radical (unpaired) electrons. The van der Waals surface area contributed by atoms with Gasteiger partial charge >= 0.3 is 0 Å². The molecule has 0 unspecified atom stereocenters. The van der Waals surface area contributed by atoms with Crippen LogP contribution in [0.1, 0.15) is 24.7 Å². The van der Waals surface area contributed by atoms with Crippen LogP contribution in [0, 0.1) is 24.4 Å². The quantitative estimate of drug-likeness (QED) is 0.877. The molecule has 0 bridgehead atoms. The first-order chi connectivity index (χ1) is 9.43. The number of nitrogens with zero attached hydrogens (tertiary/aromatic N) is 2. The fourth-order valence-electron chi connectivity index (χ4n) is 1.88. The van der Waals surface area contributed by atoms with Crippen LogP contribution >= 0.6 is 0 Å². The second kappa shape index (κ2) is 5.48. The van der Waals surface area contributed by atoms with Crippen LogP contribution in [0.3, 0.4) is 0 Å². The average molecular weight is 281 g/mol. The highest BCUT2D eigenvalue weighted by Gasteiger charge is 2.17. The summed E-state index contributed by atoms with van der Waals surface area (Å²) in [6.07, 6.45) is 1.37. The monoisotopic (exact) mass is 281 g/mol. The molecular formula is C14H14F3N3. The van der Waals surface area contributed by atoms with Gasteiger partial charge in [0, 0.05) is 23.6 Å². The van der Waals surface area contributed by atoms with E-state index in [0.717, 1.165) is 12.5 Å². The van der Waals surface area contributed by atoms with Crippen molar-refractivity contribution in [2.45, 2.75) is 26.7 Å². The Bertz CT molecular complexity index is 657. The largest absolute Gasteiger partial charge is 0.383 e. The maximum atomic E-state index is 13.8. The number of nitrogen functional groups attached to an aromatic ring is 1. The van der Waals surface area contributed by atoms with Crippen LogP contribution in [0.2, 0.25) is 0 Å². The Morgan fingerprint density at radius 1 is 1.05 bits per heavy atom. The minimum atomic E-state index is -1.24. The molecule has 6 heteroatoms. The SMILES string of the molecule is CCCc1nc(N)c(C)c(-c2cc(F)c(F)cc2F)n1. The summed E-state index contributed by atoms with van der Waals surface area (Å²) in [6.45, 7) is 3.55. The molecule has 2 aromatic rings. The van der Waals surface area contributed by atoms with Gasteiger partial charge in [0.1, 0.15) is 17.5 Å². The summed E-state index contributed by atoms with van der Waals surface area (Å²) in [5.41, 5.74) is 6.28. The minimum Gasteiger partial charge on any atom is -0.383 e. The molecule has 0 aliphatic carbocycles. The van der Waals surface area contributed by atoms with E-state index in [1.807, 2.05) is 6.92 Å². The van der Waals surface area contributed by atoms with Gasteiger partial charge in [-0.15, -0.1) is 0 Å². The number of nitrogens with two attached hydrogens (primary N) is 1. The predicted octanol–water partition coefficient (Wildman–Crippen LogP) is 3.40. The third kappa shape index (κ3) is 2.59. The summed E-state index contributed by atoms with van der Waals surface area (Å²) in [5.74, 6) is -2.58. The molecule has 1 heterocycles. The maximum Gasteiger partial charge on any atom is 0.161 e. The van der Waals surface area contributed by atoms with E-state index in [4.69, 9.17) is 5.73 Å². The van der Waals surface area contributed by atoms with Crippen molar-refractivity contribution in [1.29, 1.82) is 0 Å². The van der Waals surface area contributed by atoms with Gasteiger partial charge in [0.2, 0.25) is 0 Å². The van der Waals surface area contributed by atoms with Crippen molar-refractivity contribution in [3.63, 3.8) is 0 Å². The molecule has 0 spiro atoms. The Hall–Kier alpha value is -2.11. The predicted molar refractivity (Wildman–Crippen MR) is 70.5 cm³/mol. The van der Waals surface area contributed by atoms with Crippen molar-refractivity contribution >= 4 is 5.82 Å². The van der Waals surface area contributed by atoms with E-state index in [2.05, 4.69) is 9.97 Å². The number of hydrogen-bond donors (Lipinski definition) is 1. The summed E-state index contributed by atoms with van der Waals surface area (Å²) in [6, 6.07) is 1.29. The van der Waals surface area contributed by atoms with Crippen LogP contribution in [-0.4, -0.2) is 9.97 Å². The van der Waals surface area contributed by atoms with Crippen molar-refractivity contribution in [3.8, 4) is 11.3 Å². The van der Waals surface area contributed by atoms with Crippen LogP contribution in [-0.2, 0) is 6.42 Å². The smallest absolute Gasteiger partial charge is 0.161 e. The molecule has 0 aliphatic rings. The number of anilines is 1. The van der Waals surface area contributed by atoms with E-state index < -0.39 is 17.5 Å². The molecule has 0 fully saturated rings. The number of benzene rings is 1. The maximum absolute atomic E-state index is 13.8. The molecule has 20 heavy (non-hydrogen) atoms. The first-order valence-electron chi connectivity index (χ1n) is 6.22. The lowest BCUT2D eigenvalue weighted by Gasteiger charge is -2.11. The summed E-state index contributed by atoms with van der Waals surface area (Å²) in [5, 5.41) is 0. The first-order valence-corrected chi connectivity index (χ1v) is 6.22. The number of halogens is 3. The van der Waals surface area contributed by atoms with Gasteiger partial charge in [-0.2, -0.15) is 0 Å². The lowest BCUT2D eigenvalue weighted by molar-refractivity contribution is 0.496. The highest BCUT2D eigenvalue weighted by Crippen LogP contribution is 2.28. The standard InChI is InChI=1S/C14H14F3N3/c1-3-4-12-19-13(7(2)14(18)20-12)8-5-10(16)11(17)6-9(8)15/h5-6H,3-4H2,1-2H3,(H2,18,19,20). The average Bonchev–Trinajstić information content (AvgIpc) is 2.38. The van der Waals surface area contributed by atoms with E-state index >= 15 is 0 Å². The third-order valence-corrected chi connectivity index (χ3v) is 2.97. The molecule has 0 aliphatic heterocycles. The van der Waals surface area contributed by atoms with Crippen LogP contribution in [0.5, 0.6) is 0 Å². The zero-order valence-electron chi connectivity index (χ0n) is 11.2. The van der Waals surface area contributed by atoms with Gasteiger partial charge < -0.3 is 5.73 Å². The Kier molecular flexibility index (Phi) is 3.92. The summed E-state index contributed by atoms with van der Waals surface area (Å²) >= 11 is 0. The number of aryl methyl sites for hydroxylation is 1. The van der Waals surface area contributed by atoms with Crippen molar-refractivity contribution in [1.82, 2.24) is 9.97 Å². The van der Waals surface area contributed by atoms with Crippen LogP contribution in [0.25, 0.3) is 11.3 Å². The van der Waals surface area contributed by atoms with Crippen molar-refractivity contribution in [2.24, 2.45) is 0 Å². The van der Waals surface area contributed by atoms with Gasteiger partial charge in [0.15, 0.2) is 11.6 Å². The van der Waals surface area contributed by atoms with Gasteiger partial charge in [-0.25, -0.2) is 23.1 Å². The van der Waals surface area contributed by atoms with Gasteiger partial charge in [-0.3, -0.25) is 0 Å². The topological polar surface area (TPSA) is 51.8 Å².